The van der Waals surface area contributed by atoms with E-state index in [0.717, 1.165) is 0 Å². The quantitative estimate of drug-likeness (QED) is 0.760. The number of hydrogen-bond acceptors (Lipinski definition) is 4. The molecular formula is C17H11ClFN3O. The maximum atomic E-state index is 14.0. The van der Waals surface area contributed by atoms with Gasteiger partial charge < -0.3 is 10.1 Å². The van der Waals surface area contributed by atoms with Crippen molar-refractivity contribution in [1.29, 1.82) is 5.26 Å². The number of methoxy groups -OCH3 is 1. The second-order valence-electron chi connectivity index (χ2n) is 4.79. The highest BCUT2D eigenvalue weighted by atomic mass is 35.5. The molecule has 0 radical (unpaired) electrons. The van der Waals surface area contributed by atoms with E-state index in [0.29, 0.717) is 32.9 Å². The normalized spacial score (nSPS) is 10.3. The second kappa shape index (κ2) is 6.11. The summed E-state index contributed by atoms with van der Waals surface area (Å²) in [7, 11) is 1.55. The largest absolute Gasteiger partial charge is 0.497 e. The third kappa shape index (κ3) is 2.89. The highest BCUT2D eigenvalue weighted by molar-refractivity contribution is 6.30. The average Bonchev–Trinajstić information content (AvgIpc) is 2.57. The number of aromatic nitrogens is 1. The molecule has 0 aliphatic carbocycles. The van der Waals surface area contributed by atoms with Crippen LogP contribution in [0.1, 0.15) is 5.56 Å². The molecule has 23 heavy (non-hydrogen) atoms. The van der Waals surface area contributed by atoms with Crippen LogP contribution in [-0.2, 0) is 0 Å². The van der Waals surface area contributed by atoms with Crippen LogP contribution in [0.4, 0.5) is 15.8 Å². The van der Waals surface area contributed by atoms with E-state index in [1.807, 2.05) is 0 Å². The first-order valence-electron chi connectivity index (χ1n) is 6.71. The third-order valence-electron chi connectivity index (χ3n) is 3.39. The van der Waals surface area contributed by atoms with Crippen molar-refractivity contribution in [3.05, 3.63) is 59.0 Å². The number of hydrogen-bond donors (Lipinski definition) is 1. The van der Waals surface area contributed by atoms with E-state index in [-0.39, 0.29) is 5.69 Å². The molecule has 0 unspecified atom stereocenters. The second-order valence-corrected chi connectivity index (χ2v) is 5.23. The summed E-state index contributed by atoms with van der Waals surface area (Å²) in [6.45, 7) is 0. The van der Waals surface area contributed by atoms with Crippen LogP contribution < -0.4 is 10.1 Å². The summed E-state index contributed by atoms with van der Waals surface area (Å²) >= 11 is 5.77. The first-order chi connectivity index (χ1) is 11.1. The molecule has 2 aromatic carbocycles. The standard InChI is InChI=1S/C17H11ClFN3O/c1-23-12-3-5-15-13(7-12)17(10(8-20)9-21-15)22-16-4-2-11(18)6-14(16)19/h2-7,9H,1H3,(H,21,22). The number of benzene rings is 2. The fourth-order valence-corrected chi connectivity index (χ4v) is 2.40. The molecule has 3 rings (SSSR count). The first kappa shape index (κ1) is 15.1. The highest BCUT2D eigenvalue weighted by Gasteiger charge is 2.12. The van der Waals surface area contributed by atoms with Gasteiger partial charge in [0.1, 0.15) is 17.6 Å². The Morgan fingerprint density at radius 2 is 2.09 bits per heavy atom. The van der Waals surface area contributed by atoms with Gasteiger partial charge in [-0.2, -0.15) is 5.26 Å². The van der Waals surface area contributed by atoms with E-state index in [2.05, 4.69) is 16.4 Å². The first-order valence-corrected chi connectivity index (χ1v) is 7.09. The summed E-state index contributed by atoms with van der Waals surface area (Å²) in [5, 5.41) is 13.2. The van der Waals surface area contributed by atoms with Gasteiger partial charge in [-0.3, -0.25) is 4.98 Å². The van der Waals surface area contributed by atoms with Gasteiger partial charge in [-0.05, 0) is 36.4 Å². The molecule has 0 saturated carbocycles. The number of nitrogens with zero attached hydrogens (tertiary/aromatic N) is 2. The molecule has 1 heterocycles. The van der Waals surface area contributed by atoms with E-state index in [1.54, 1.807) is 31.4 Å². The highest BCUT2D eigenvalue weighted by Crippen LogP contribution is 2.32. The number of pyridine rings is 1. The van der Waals surface area contributed by atoms with Crippen LogP contribution in [0.25, 0.3) is 10.9 Å². The zero-order valence-electron chi connectivity index (χ0n) is 12.1. The zero-order chi connectivity index (χ0) is 16.4. The summed E-state index contributed by atoms with van der Waals surface area (Å²) in [5.41, 5.74) is 1.67. The van der Waals surface area contributed by atoms with Gasteiger partial charge >= 0.3 is 0 Å². The summed E-state index contributed by atoms with van der Waals surface area (Å²) in [6.07, 6.45) is 1.45. The van der Waals surface area contributed by atoms with Crippen LogP contribution in [0.15, 0.2) is 42.6 Å². The van der Waals surface area contributed by atoms with Gasteiger partial charge in [-0.1, -0.05) is 11.6 Å². The van der Waals surface area contributed by atoms with Crippen LogP contribution in [0.2, 0.25) is 5.02 Å². The van der Waals surface area contributed by atoms with Crippen molar-refractivity contribution in [3.63, 3.8) is 0 Å². The van der Waals surface area contributed by atoms with Crippen LogP contribution in [0, 0.1) is 17.1 Å². The molecule has 0 bridgehead atoms. The van der Waals surface area contributed by atoms with Crippen molar-refractivity contribution in [2.24, 2.45) is 0 Å². The molecule has 1 N–H and O–H groups in total. The fourth-order valence-electron chi connectivity index (χ4n) is 2.24. The average molecular weight is 328 g/mol. The minimum atomic E-state index is -0.505. The predicted octanol–water partition coefficient (Wildman–Crippen LogP) is 4.65. The molecule has 0 spiro atoms. The molecule has 0 aliphatic heterocycles. The molecule has 114 valence electrons. The Labute approximate surface area is 137 Å². The van der Waals surface area contributed by atoms with E-state index in [1.165, 1.54) is 18.3 Å². The van der Waals surface area contributed by atoms with Gasteiger partial charge in [-0.15, -0.1) is 0 Å². The summed E-state index contributed by atoms with van der Waals surface area (Å²) < 4.78 is 19.3. The monoisotopic (exact) mass is 327 g/mol. The van der Waals surface area contributed by atoms with Crippen LogP contribution in [0.5, 0.6) is 5.75 Å². The summed E-state index contributed by atoms with van der Waals surface area (Å²) in [5.74, 6) is 0.114. The van der Waals surface area contributed by atoms with Crippen molar-refractivity contribution in [2.75, 3.05) is 12.4 Å². The van der Waals surface area contributed by atoms with Crippen LogP contribution in [0.3, 0.4) is 0 Å². The van der Waals surface area contributed by atoms with Gasteiger partial charge in [0.05, 0.1) is 29.6 Å². The maximum absolute atomic E-state index is 14.0. The molecule has 6 heteroatoms. The van der Waals surface area contributed by atoms with Crippen LogP contribution >= 0.6 is 11.6 Å². The van der Waals surface area contributed by atoms with Crippen molar-refractivity contribution in [3.8, 4) is 11.8 Å². The van der Waals surface area contributed by atoms with E-state index in [9.17, 15) is 9.65 Å². The number of rotatable bonds is 3. The number of ether oxygens (including phenoxy) is 1. The minimum absolute atomic E-state index is 0.223. The molecule has 0 fully saturated rings. The Kier molecular flexibility index (Phi) is 4.00. The summed E-state index contributed by atoms with van der Waals surface area (Å²) in [4.78, 5) is 4.23. The van der Waals surface area contributed by atoms with E-state index >= 15 is 0 Å². The van der Waals surface area contributed by atoms with Gasteiger partial charge in [0.15, 0.2) is 0 Å². The van der Waals surface area contributed by atoms with Gasteiger partial charge in [0.2, 0.25) is 0 Å². The maximum Gasteiger partial charge on any atom is 0.148 e. The SMILES string of the molecule is COc1ccc2ncc(C#N)c(Nc3ccc(Cl)cc3F)c2c1. The van der Waals surface area contributed by atoms with Gasteiger partial charge in [0.25, 0.3) is 0 Å². The molecule has 0 saturated heterocycles. The minimum Gasteiger partial charge on any atom is -0.497 e. The number of halogens is 2. The molecule has 0 amide bonds. The van der Waals surface area contributed by atoms with Crippen molar-refractivity contribution < 1.29 is 9.13 Å². The number of nitriles is 1. The Balaban J connectivity index is 2.19. The molecule has 0 aliphatic rings. The van der Waals surface area contributed by atoms with Gasteiger partial charge in [-0.25, -0.2) is 4.39 Å². The smallest absolute Gasteiger partial charge is 0.148 e. The third-order valence-corrected chi connectivity index (χ3v) is 3.62. The van der Waals surface area contributed by atoms with Crippen molar-refractivity contribution in [1.82, 2.24) is 4.98 Å². The predicted molar refractivity (Wildman–Crippen MR) is 87.7 cm³/mol. The Morgan fingerprint density at radius 1 is 1.26 bits per heavy atom. The topological polar surface area (TPSA) is 57.9 Å². The zero-order valence-corrected chi connectivity index (χ0v) is 12.9. The lowest BCUT2D eigenvalue weighted by Crippen LogP contribution is -1.99. The fraction of sp³-hybridized carbons (Fsp3) is 0.0588. The summed E-state index contributed by atoms with van der Waals surface area (Å²) in [6, 6.07) is 11.7. The number of fused-ring (bicyclic) bond motifs is 1. The molecule has 4 nitrogen and oxygen atoms in total. The van der Waals surface area contributed by atoms with E-state index in [4.69, 9.17) is 16.3 Å². The molecular weight excluding hydrogens is 317 g/mol. The lowest BCUT2D eigenvalue weighted by molar-refractivity contribution is 0.415. The van der Waals surface area contributed by atoms with Crippen LogP contribution in [-0.4, -0.2) is 12.1 Å². The number of anilines is 2. The Hall–Kier alpha value is -2.84. The van der Waals surface area contributed by atoms with E-state index < -0.39 is 5.82 Å². The molecule has 1 aromatic heterocycles. The Bertz CT molecular complexity index is 937. The lowest BCUT2D eigenvalue weighted by atomic mass is 10.1. The Morgan fingerprint density at radius 3 is 2.78 bits per heavy atom. The van der Waals surface area contributed by atoms with Gasteiger partial charge in [0, 0.05) is 16.6 Å². The van der Waals surface area contributed by atoms with Crippen molar-refractivity contribution >= 4 is 33.9 Å². The molecule has 0 atom stereocenters. The lowest BCUT2D eigenvalue weighted by Gasteiger charge is -2.13. The van der Waals surface area contributed by atoms with Crippen molar-refractivity contribution in [2.45, 2.75) is 0 Å². The molecule has 3 aromatic rings. The number of nitrogens with one attached hydrogen (secondary N) is 1.